The Morgan fingerprint density at radius 2 is 1.48 bits per heavy atom. The van der Waals surface area contributed by atoms with Gasteiger partial charge < -0.3 is 54.7 Å². The van der Waals surface area contributed by atoms with Crippen molar-refractivity contribution < 1.29 is 54.7 Å². The minimum absolute atomic E-state index is 0.188. The van der Waals surface area contributed by atoms with Crippen LogP contribution in [0.5, 0.6) is 0 Å². The van der Waals surface area contributed by atoms with Gasteiger partial charge in [-0.25, -0.2) is 0 Å². The van der Waals surface area contributed by atoms with E-state index in [1.165, 1.54) is 0 Å². The zero-order valence-electron chi connectivity index (χ0n) is 18.6. The van der Waals surface area contributed by atoms with Crippen molar-refractivity contribution in [3.05, 3.63) is 23.8 Å². The van der Waals surface area contributed by atoms with Crippen molar-refractivity contribution in [3.63, 3.8) is 0 Å². The molecule has 1 unspecified atom stereocenters. The first-order valence-corrected chi connectivity index (χ1v) is 11.2. The molecule has 2 heterocycles. The normalized spacial score (nSPS) is 44.4. The highest BCUT2D eigenvalue weighted by atomic mass is 16.7. The summed E-state index contributed by atoms with van der Waals surface area (Å²) >= 11 is 0. The Bertz CT molecular complexity index is 683. The molecule has 0 aromatic rings. The number of rotatable bonds is 8. The number of hydrogen-bond acceptors (Lipinski definition) is 11. The highest BCUT2D eigenvalue weighted by Gasteiger charge is 2.47. The predicted molar refractivity (Wildman–Crippen MR) is 113 cm³/mol. The fraction of sp³-hybridized carbons (Fsp3) is 0.818. The molecule has 0 saturated carbocycles. The van der Waals surface area contributed by atoms with Crippen LogP contribution >= 0.6 is 0 Å². The maximum atomic E-state index is 10.3. The molecule has 190 valence electrons. The number of aliphatic hydroxyl groups excluding tert-OH is 7. The average Bonchev–Trinajstić information content (AvgIpc) is 2.81. The van der Waals surface area contributed by atoms with Crippen LogP contribution in [-0.2, 0) is 18.9 Å². The molecule has 0 spiro atoms. The van der Waals surface area contributed by atoms with Gasteiger partial charge >= 0.3 is 0 Å². The van der Waals surface area contributed by atoms with Crippen LogP contribution in [0.4, 0.5) is 0 Å². The van der Waals surface area contributed by atoms with Crippen molar-refractivity contribution >= 4 is 0 Å². The molecule has 11 heteroatoms. The smallest absolute Gasteiger partial charge is 0.187 e. The van der Waals surface area contributed by atoms with E-state index in [-0.39, 0.29) is 6.61 Å². The summed E-state index contributed by atoms with van der Waals surface area (Å²) in [5.41, 5.74) is 2.18. The Balaban J connectivity index is 1.55. The molecule has 2 fully saturated rings. The van der Waals surface area contributed by atoms with E-state index >= 15 is 0 Å². The minimum atomic E-state index is -1.62. The third kappa shape index (κ3) is 6.19. The van der Waals surface area contributed by atoms with Gasteiger partial charge in [-0.1, -0.05) is 18.2 Å². The Morgan fingerprint density at radius 1 is 0.909 bits per heavy atom. The quantitative estimate of drug-likeness (QED) is 0.191. The van der Waals surface area contributed by atoms with Crippen LogP contribution < -0.4 is 0 Å². The van der Waals surface area contributed by atoms with Crippen molar-refractivity contribution in [2.24, 2.45) is 5.92 Å². The van der Waals surface area contributed by atoms with Crippen molar-refractivity contribution in [2.75, 3.05) is 19.8 Å². The number of allylic oxidation sites excluding steroid dienone is 2. The van der Waals surface area contributed by atoms with Crippen molar-refractivity contribution in [1.82, 2.24) is 0 Å². The molecule has 33 heavy (non-hydrogen) atoms. The Morgan fingerprint density at radius 3 is 2.03 bits per heavy atom. The van der Waals surface area contributed by atoms with E-state index in [1.807, 2.05) is 6.92 Å². The van der Waals surface area contributed by atoms with E-state index in [2.05, 4.69) is 12.7 Å². The SMILES string of the molecule is C=C(C)C1CC=C(CO[C@@H]2O[C@H](CO[C@@H]3O[C@H](CO)[C@@H](O)[C@H](O)[C@H]3O)[C@@H](O)[C@H](O)[C@H]2O)CC1. The zero-order valence-corrected chi connectivity index (χ0v) is 18.6. The molecule has 0 aromatic heterocycles. The highest BCUT2D eigenvalue weighted by Crippen LogP contribution is 2.30. The molecule has 0 amide bonds. The molecule has 2 saturated heterocycles. The van der Waals surface area contributed by atoms with E-state index in [0.717, 1.165) is 30.4 Å². The van der Waals surface area contributed by atoms with Crippen LogP contribution in [0.1, 0.15) is 26.2 Å². The second kappa shape index (κ2) is 11.6. The average molecular weight is 477 g/mol. The molecule has 11 atom stereocenters. The maximum Gasteiger partial charge on any atom is 0.187 e. The molecule has 0 aromatic carbocycles. The largest absolute Gasteiger partial charge is 0.394 e. The van der Waals surface area contributed by atoms with Crippen LogP contribution in [0.2, 0.25) is 0 Å². The molecular weight excluding hydrogens is 440 g/mol. The molecule has 7 N–H and O–H groups in total. The van der Waals surface area contributed by atoms with Gasteiger partial charge in [0.25, 0.3) is 0 Å². The Kier molecular flexibility index (Phi) is 9.40. The summed E-state index contributed by atoms with van der Waals surface area (Å²) < 4.78 is 22.0. The van der Waals surface area contributed by atoms with E-state index in [1.54, 1.807) is 0 Å². The van der Waals surface area contributed by atoms with Gasteiger partial charge in [-0.15, -0.1) is 0 Å². The fourth-order valence-corrected chi connectivity index (χ4v) is 4.24. The monoisotopic (exact) mass is 476 g/mol. The van der Waals surface area contributed by atoms with Crippen LogP contribution in [0.3, 0.4) is 0 Å². The number of hydrogen-bond donors (Lipinski definition) is 7. The molecule has 2 aliphatic heterocycles. The Hall–Kier alpha value is -0.960. The predicted octanol–water partition coefficient (Wildman–Crippen LogP) is -2.07. The summed E-state index contributed by atoms with van der Waals surface area (Å²) in [6.07, 6.45) is -9.59. The molecule has 3 rings (SSSR count). The molecule has 0 radical (unpaired) electrons. The van der Waals surface area contributed by atoms with Gasteiger partial charge in [-0.05, 0) is 37.7 Å². The van der Waals surface area contributed by atoms with Crippen LogP contribution in [0.15, 0.2) is 23.8 Å². The summed E-state index contributed by atoms with van der Waals surface area (Å²) in [6.45, 7) is 5.18. The molecule has 3 aliphatic rings. The van der Waals surface area contributed by atoms with Gasteiger partial charge in [0.1, 0.15) is 48.8 Å². The first-order valence-electron chi connectivity index (χ1n) is 11.2. The van der Waals surface area contributed by atoms with Crippen LogP contribution in [0, 0.1) is 5.92 Å². The minimum Gasteiger partial charge on any atom is -0.394 e. The summed E-state index contributed by atoms with van der Waals surface area (Å²) in [7, 11) is 0. The Labute approximate surface area is 192 Å². The van der Waals surface area contributed by atoms with Gasteiger partial charge in [-0.3, -0.25) is 0 Å². The first-order chi connectivity index (χ1) is 15.6. The van der Waals surface area contributed by atoms with Crippen molar-refractivity contribution in [2.45, 2.75) is 87.6 Å². The van der Waals surface area contributed by atoms with E-state index in [9.17, 15) is 35.7 Å². The maximum absolute atomic E-state index is 10.3. The molecule has 1 aliphatic carbocycles. The van der Waals surface area contributed by atoms with Crippen LogP contribution in [-0.4, -0.2) is 117 Å². The molecule has 0 bridgehead atoms. The third-order valence-electron chi connectivity index (χ3n) is 6.58. The van der Waals surface area contributed by atoms with E-state index in [0.29, 0.717) is 5.92 Å². The van der Waals surface area contributed by atoms with Gasteiger partial charge in [0.15, 0.2) is 12.6 Å². The fourth-order valence-electron chi connectivity index (χ4n) is 4.24. The second-order valence-corrected chi connectivity index (χ2v) is 9.04. The lowest BCUT2D eigenvalue weighted by Crippen LogP contribution is -2.61. The number of ether oxygens (including phenoxy) is 4. The van der Waals surface area contributed by atoms with Gasteiger partial charge in [0.05, 0.1) is 19.8 Å². The topological polar surface area (TPSA) is 179 Å². The molecular formula is C22H36O11. The summed E-state index contributed by atoms with van der Waals surface area (Å²) in [6, 6.07) is 0. The van der Waals surface area contributed by atoms with Gasteiger partial charge in [0, 0.05) is 0 Å². The lowest BCUT2D eigenvalue weighted by molar-refractivity contribution is -0.330. The second-order valence-electron chi connectivity index (χ2n) is 9.04. The lowest BCUT2D eigenvalue weighted by Gasteiger charge is -2.42. The summed E-state index contributed by atoms with van der Waals surface area (Å²) in [5, 5.41) is 69.8. The summed E-state index contributed by atoms with van der Waals surface area (Å²) in [4.78, 5) is 0. The van der Waals surface area contributed by atoms with E-state index in [4.69, 9.17) is 18.9 Å². The third-order valence-corrected chi connectivity index (χ3v) is 6.58. The standard InChI is InChI=1S/C22H36O11/c1-10(2)12-5-3-11(4-6-12)8-30-21-20(29)18(27)16(25)14(33-21)9-31-22-19(28)17(26)15(24)13(7-23)32-22/h3,12-29H,1,4-9H2,2H3/t12?,13-,14-,15-,16-,17+,18+,19-,20-,21-,22-/m1/s1. The van der Waals surface area contributed by atoms with Crippen molar-refractivity contribution in [3.8, 4) is 0 Å². The zero-order chi connectivity index (χ0) is 24.3. The van der Waals surface area contributed by atoms with Crippen LogP contribution in [0.25, 0.3) is 0 Å². The lowest BCUT2D eigenvalue weighted by atomic mass is 9.86. The van der Waals surface area contributed by atoms with E-state index < -0.39 is 74.6 Å². The van der Waals surface area contributed by atoms with Gasteiger partial charge in [0.2, 0.25) is 0 Å². The summed E-state index contributed by atoms with van der Waals surface area (Å²) in [5.74, 6) is 0.436. The first kappa shape index (κ1) is 26.6. The molecule has 11 nitrogen and oxygen atoms in total. The highest BCUT2D eigenvalue weighted by molar-refractivity contribution is 5.12. The number of aliphatic hydroxyl groups is 7. The van der Waals surface area contributed by atoms with Gasteiger partial charge in [-0.2, -0.15) is 0 Å². The van der Waals surface area contributed by atoms with Crippen molar-refractivity contribution in [1.29, 1.82) is 0 Å².